The molecule has 2 aromatic heterocycles. The maximum absolute atomic E-state index is 5.82. The summed E-state index contributed by atoms with van der Waals surface area (Å²) in [5, 5.41) is 5.27. The number of nitrogens with zero attached hydrogens (tertiary/aromatic N) is 1. The number of rotatable bonds is 7. The van der Waals surface area contributed by atoms with Crippen LogP contribution in [0.5, 0.6) is 5.88 Å². The number of pyridine rings is 1. The normalized spacial score (nSPS) is 11.0. The number of aromatic nitrogens is 1. The highest BCUT2D eigenvalue weighted by molar-refractivity contribution is 7.09. The van der Waals surface area contributed by atoms with E-state index in [2.05, 4.69) is 47.7 Å². The standard InChI is InChI=1S/C16H22N2OS/c1-12(2)15-9-13(11-17-3)10-16(18-15)19-7-6-14-5-4-8-20-14/h4-5,8-10,12,17H,6-7,11H2,1-3H3. The first-order valence-corrected chi connectivity index (χ1v) is 7.87. The summed E-state index contributed by atoms with van der Waals surface area (Å²) in [5.41, 5.74) is 2.31. The van der Waals surface area contributed by atoms with Crippen molar-refractivity contribution in [3.05, 3.63) is 45.8 Å². The molecule has 0 amide bonds. The van der Waals surface area contributed by atoms with Gasteiger partial charge in [0.2, 0.25) is 5.88 Å². The van der Waals surface area contributed by atoms with Crippen molar-refractivity contribution in [1.29, 1.82) is 0 Å². The fourth-order valence-corrected chi connectivity index (χ4v) is 2.66. The smallest absolute Gasteiger partial charge is 0.213 e. The zero-order valence-corrected chi connectivity index (χ0v) is 13.2. The van der Waals surface area contributed by atoms with E-state index in [1.807, 2.05) is 13.1 Å². The van der Waals surface area contributed by atoms with Crippen LogP contribution in [0.15, 0.2) is 29.6 Å². The maximum Gasteiger partial charge on any atom is 0.213 e. The molecular formula is C16H22N2OS. The van der Waals surface area contributed by atoms with Crippen LogP contribution in [0.4, 0.5) is 0 Å². The molecule has 0 fully saturated rings. The summed E-state index contributed by atoms with van der Waals surface area (Å²) in [6.07, 6.45) is 0.937. The van der Waals surface area contributed by atoms with Crippen molar-refractivity contribution in [3.8, 4) is 5.88 Å². The average Bonchev–Trinajstić information content (AvgIpc) is 2.92. The Hall–Kier alpha value is -1.39. The number of hydrogen-bond acceptors (Lipinski definition) is 4. The predicted molar refractivity (Wildman–Crippen MR) is 84.6 cm³/mol. The minimum Gasteiger partial charge on any atom is -0.477 e. The van der Waals surface area contributed by atoms with Gasteiger partial charge in [-0.25, -0.2) is 4.98 Å². The van der Waals surface area contributed by atoms with Crippen molar-refractivity contribution < 1.29 is 4.74 Å². The molecule has 1 N–H and O–H groups in total. The average molecular weight is 290 g/mol. The summed E-state index contributed by atoms with van der Waals surface area (Å²) >= 11 is 1.77. The van der Waals surface area contributed by atoms with Crippen molar-refractivity contribution in [3.63, 3.8) is 0 Å². The monoisotopic (exact) mass is 290 g/mol. The molecule has 108 valence electrons. The Morgan fingerprint density at radius 1 is 1.35 bits per heavy atom. The molecule has 0 aliphatic rings. The molecule has 2 heterocycles. The van der Waals surface area contributed by atoms with Gasteiger partial charge in [-0.05, 0) is 36.0 Å². The van der Waals surface area contributed by atoms with Gasteiger partial charge < -0.3 is 10.1 Å². The van der Waals surface area contributed by atoms with E-state index in [-0.39, 0.29) is 0 Å². The SMILES string of the molecule is CNCc1cc(OCCc2cccs2)nc(C(C)C)c1. The van der Waals surface area contributed by atoms with Crippen molar-refractivity contribution in [2.24, 2.45) is 0 Å². The number of nitrogens with one attached hydrogen (secondary N) is 1. The second kappa shape index (κ2) is 7.41. The molecule has 4 heteroatoms. The topological polar surface area (TPSA) is 34.1 Å². The molecule has 0 saturated carbocycles. The summed E-state index contributed by atoms with van der Waals surface area (Å²) in [7, 11) is 1.95. The second-order valence-corrected chi connectivity index (χ2v) is 6.13. The van der Waals surface area contributed by atoms with Gasteiger partial charge in [0, 0.05) is 29.6 Å². The summed E-state index contributed by atoms with van der Waals surface area (Å²) in [6, 6.07) is 8.38. The van der Waals surface area contributed by atoms with Crippen molar-refractivity contribution in [2.45, 2.75) is 32.7 Å². The Balaban J connectivity index is 2.01. The lowest BCUT2D eigenvalue weighted by Gasteiger charge is -2.12. The van der Waals surface area contributed by atoms with E-state index in [0.29, 0.717) is 12.5 Å². The third-order valence-corrected chi connectivity index (χ3v) is 3.97. The van der Waals surface area contributed by atoms with Gasteiger partial charge in [-0.15, -0.1) is 11.3 Å². The Bertz CT molecular complexity index is 523. The van der Waals surface area contributed by atoms with Crippen LogP contribution in [0, 0.1) is 0 Å². The first-order chi connectivity index (χ1) is 9.69. The molecule has 2 rings (SSSR count). The number of ether oxygens (including phenoxy) is 1. The number of thiophene rings is 1. The Morgan fingerprint density at radius 2 is 2.20 bits per heavy atom. The Labute approximate surface area is 125 Å². The lowest BCUT2D eigenvalue weighted by Crippen LogP contribution is -2.09. The summed E-state index contributed by atoms with van der Waals surface area (Å²) < 4.78 is 5.82. The van der Waals surface area contributed by atoms with Crippen LogP contribution in [0.3, 0.4) is 0 Å². The molecule has 0 aliphatic carbocycles. The van der Waals surface area contributed by atoms with E-state index in [1.54, 1.807) is 11.3 Å². The van der Waals surface area contributed by atoms with Crippen LogP contribution < -0.4 is 10.1 Å². The van der Waals surface area contributed by atoms with E-state index in [1.165, 1.54) is 10.4 Å². The first kappa shape index (κ1) is 15.0. The van der Waals surface area contributed by atoms with Crippen molar-refractivity contribution in [2.75, 3.05) is 13.7 Å². The highest BCUT2D eigenvalue weighted by Gasteiger charge is 2.07. The lowest BCUT2D eigenvalue weighted by molar-refractivity contribution is 0.308. The molecule has 3 nitrogen and oxygen atoms in total. The van der Waals surface area contributed by atoms with E-state index in [0.717, 1.165) is 24.5 Å². The minimum atomic E-state index is 0.409. The molecule has 0 radical (unpaired) electrons. The lowest BCUT2D eigenvalue weighted by atomic mass is 10.1. The largest absolute Gasteiger partial charge is 0.477 e. The molecule has 0 unspecified atom stereocenters. The summed E-state index contributed by atoms with van der Waals surface area (Å²) in [6.45, 7) is 5.82. The van der Waals surface area contributed by atoms with Gasteiger partial charge in [-0.1, -0.05) is 19.9 Å². The fraction of sp³-hybridized carbons (Fsp3) is 0.438. The zero-order chi connectivity index (χ0) is 14.4. The van der Waals surface area contributed by atoms with Gasteiger partial charge in [0.25, 0.3) is 0 Å². The van der Waals surface area contributed by atoms with E-state index in [9.17, 15) is 0 Å². The molecule has 2 aromatic rings. The molecule has 20 heavy (non-hydrogen) atoms. The quantitative estimate of drug-likeness (QED) is 0.846. The van der Waals surface area contributed by atoms with E-state index >= 15 is 0 Å². The molecular weight excluding hydrogens is 268 g/mol. The van der Waals surface area contributed by atoms with Gasteiger partial charge in [0.15, 0.2) is 0 Å². The molecule has 0 saturated heterocycles. The number of hydrogen-bond donors (Lipinski definition) is 1. The van der Waals surface area contributed by atoms with Crippen LogP contribution in [0.1, 0.15) is 35.9 Å². The van der Waals surface area contributed by atoms with Crippen LogP contribution >= 0.6 is 11.3 Å². The summed E-state index contributed by atoms with van der Waals surface area (Å²) in [5.74, 6) is 1.14. The molecule has 0 aromatic carbocycles. The highest BCUT2D eigenvalue weighted by atomic mass is 32.1. The van der Waals surface area contributed by atoms with Crippen LogP contribution in [0.25, 0.3) is 0 Å². The van der Waals surface area contributed by atoms with Gasteiger partial charge >= 0.3 is 0 Å². The Kier molecular flexibility index (Phi) is 5.56. The predicted octanol–water partition coefficient (Wildman–Crippen LogP) is 3.61. The van der Waals surface area contributed by atoms with Crippen molar-refractivity contribution >= 4 is 11.3 Å². The van der Waals surface area contributed by atoms with E-state index in [4.69, 9.17) is 4.74 Å². The molecule has 0 bridgehead atoms. The summed E-state index contributed by atoms with van der Waals surface area (Å²) in [4.78, 5) is 5.94. The maximum atomic E-state index is 5.82. The van der Waals surface area contributed by atoms with Gasteiger partial charge in [-0.3, -0.25) is 0 Å². The van der Waals surface area contributed by atoms with E-state index < -0.39 is 0 Å². The second-order valence-electron chi connectivity index (χ2n) is 5.10. The molecule has 0 spiro atoms. The minimum absolute atomic E-state index is 0.409. The molecule has 0 atom stereocenters. The van der Waals surface area contributed by atoms with Crippen LogP contribution in [-0.2, 0) is 13.0 Å². The van der Waals surface area contributed by atoms with Gasteiger partial charge in [-0.2, -0.15) is 0 Å². The highest BCUT2D eigenvalue weighted by Crippen LogP contribution is 2.19. The molecule has 0 aliphatic heterocycles. The van der Waals surface area contributed by atoms with Crippen molar-refractivity contribution in [1.82, 2.24) is 10.3 Å². The Morgan fingerprint density at radius 3 is 2.85 bits per heavy atom. The van der Waals surface area contributed by atoms with Gasteiger partial charge in [0.05, 0.1) is 6.61 Å². The first-order valence-electron chi connectivity index (χ1n) is 6.99. The fourth-order valence-electron chi connectivity index (χ4n) is 1.97. The van der Waals surface area contributed by atoms with Crippen LogP contribution in [-0.4, -0.2) is 18.6 Å². The third-order valence-electron chi connectivity index (χ3n) is 3.03. The zero-order valence-electron chi connectivity index (χ0n) is 12.3. The van der Waals surface area contributed by atoms with Crippen LogP contribution in [0.2, 0.25) is 0 Å². The van der Waals surface area contributed by atoms with Gasteiger partial charge in [0.1, 0.15) is 0 Å². The third kappa shape index (κ3) is 4.32.